The zero-order chi connectivity index (χ0) is 12.9. The van der Waals surface area contributed by atoms with Gasteiger partial charge in [-0.3, -0.25) is 0 Å². The number of rotatable bonds is 6. The first-order valence-electron chi connectivity index (χ1n) is 5.53. The Hall–Kier alpha value is -0.740. The number of halogens is 1. The molecule has 0 spiro atoms. The van der Waals surface area contributed by atoms with E-state index in [9.17, 15) is 8.42 Å². The van der Waals surface area contributed by atoms with Gasteiger partial charge in [-0.1, -0.05) is 25.1 Å². The molecule has 5 heteroatoms. The Balaban J connectivity index is 2.57. The summed E-state index contributed by atoms with van der Waals surface area (Å²) in [5, 5.41) is 0. The Bertz CT molecular complexity index is 457. The summed E-state index contributed by atoms with van der Waals surface area (Å²) in [6.45, 7) is 4.25. The van der Waals surface area contributed by atoms with Crippen molar-refractivity contribution in [1.29, 1.82) is 0 Å². The standard InChI is InChI=1S/C12H17ClO3S/c1-3-11(9-17(13,14)15)8-16-12-7-5-4-6-10(12)2/h4-7,11H,3,8-9H2,1-2H3. The minimum absolute atomic E-state index is 0.0447. The van der Waals surface area contributed by atoms with Crippen LogP contribution in [0.15, 0.2) is 24.3 Å². The van der Waals surface area contributed by atoms with Crippen molar-refractivity contribution < 1.29 is 13.2 Å². The lowest BCUT2D eigenvalue weighted by Gasteiger charge is -2.15. The molecule has 0 amide bonds. The van der Waals surface area contributed by atoms with Gasteiger partial charge in [0.15, 0.2) is 0 Å². The second kappa shape index (κ2) is 6.26. The highest BCUT2D eigenvalue weighted by Crippen LogP contribution is 2.18. The molecule has 0 radical (unpaired) electrons. The van der Waals surface area contributed by atoms with Crippen LogP contribution in [0.1, 0.15) is 18.9 Å². The van der Waals surface area contributed by atoms with Gasteiger partial charge in [-0.25, -0.2) is 8.42 Å². The van der Waals surface area contributed by atoms with E-state index in [0.717, 1.165) is 17.7 Å². The number of hydrogen-bond donors (Lipinski definition) is 0. The number of benzene rings is 1. The summed E-state index contributed by atoms with van der Waals surface area (Å²) in [5.74, 6) is 0.673. The normalized spacial score (nSPS) is 13.4. The smallest absolute Gasteiger partial charge is 0.232 e. The highest BCUT2D eigenvalue weighted by atomic mass is 35.7. The monoisotopic (exact) mass is 276 g/mol. The van der Waals surface area contributed by atoms with Crippen molar-refractivity contribution in [3.63, 3.8) is 0 Å². The van der Waals surface area contributed by atoms with Crippen LogP contribution in [0.25, 0.3) is 0 Å². The summed E-state index contributed by atoms with van der Waals surface area (Å²) in [6, 6.07) is 7.65. The van der Waals surface area contributed by atoms with E-state index in [1.165, 1.54) is 0 Å². The molecule has 0 aliphatic heterocycles. The minimum Gasteiger partial charge on any atom is -0.493 e. The molecule has 0 bridgehead atoms. The predicted octanol–water partition coefficient (Wildman–Crippen LogP) is 2.97. The van der Waals surface area contributed by atoms with Crippen molar-refractivity contribution in [3.05, 3.63) is 29.8 Å². The van der Waals surface area contributed by atoms with E-state index in [2.05, 4.69) is 0 Å². The molecule has 3 nitrogen and oxygen atoms in total. The van der Waals surface area contributed by atoms with Crippen LogP contribution in [-0.2, 0) is 9.05 Å². The summed E-state index contributed by atoms with van der Waals surface area (Å²) < 4.78 is 27.6. The average molecular weight is 277 g/mol. The molecular weight excluding hydrogens is 260 g/mol. The molecule has 0 aliphatic carbocycles. The number of para-hydroxylation sites is 1. The molecular formula is C12H17ClO3S. The van der Waals surface area contributed by atoms with Gasteiger partial charge in [-0.15, -0.1) is 0 Å². The SMILES string of the molecule is CCC(COc1ccccc1C)CS(=O)(=O)Cl. The molecule has 1 aromatic carbocycles. The van der Waals surface area contributed by atoms with Crippen molar-refractivity contribution in [2.24, 2.45) is 5.92 Å². The largest absolute Gasteiger partial charge is 0.493 e. The average Bonchev–Trinajstić information content (AvgIpc) is 2.24. The number of aryl methyl sites for hydroxylation is 1. The molecule has 0 heterocycles. The minimum atomic E-state index is -3.46. The lowest BCUT2D eigenvalue weighted by molar-refractivity contribution is 0.256. The summed E-state index contributed by atoms with van der Waals surface area (Å²) in [7, 11) is 1.78. The third-order valence-electron chi connectivity index (χ3n) is 2.58. The first kappa shape index (κ1) is 14.3. The zero-order valence-corrected chi connectivity index (χ0v) is 11.6. The third-order valence-corrected chi connectivity index (χ3v) is 3.83. The first-order valence-corrected chi connectivity index (χ1v) is 8.01. The molecule has 1 unspecified atom stereocenters. The van der Waals surface area contributed by atoms with E-state index in [1.54, 1.807) is 0 Å². The summed E-state index contributed by atoms with van der Waals surface area (Å²) in [4.78, 5) is 0. The molecule has 0 aliphatic rings. The van der Waals surface area contributed by atoms with Crippen LogP contribution in [-0.4, -0.2) is 20.8 Å². The van der Waals surface area contributed by atoms with Crippen LogP contribution in [0.4, 0.5) is 0 Å². The van der Waals surface area contributed by atoms with Gasteiger partial charge in [0.25, 0.3) is 0 Å². The fourth-order valence-electron chi connectivity index (χ4n) is 1.49. The summed E-state index contributed by atoms with van der Waals surface area (Å²) in [6.07, 6.45) is 0.720. The van der Waals surface area contributed by atoms with Gasteiger partial charge < -0.3 is 4.74 Å². The van der Waals surface area contributed by atoms with E-state index in [1.807, 2.05) is 38.1 Å². The molecule has 1 atom stereocenters. The molecule has 0 fully saturated rings. The van der Waals surface area contributed by atoms with E-state index in [0.29, 0.717) is 6.61 Å². The van der Waals surface area contributed by atoms with Crippen LogP contribution in [0.3, 0.4) is 0 Å². The first-order chi connectivity index (χ1) is 7.92. The van der Waals surface area contributed by atoms with E-state index >= 15 is 0 Å². The molecule has 1 aromatic rings. The molecule has 0 saturated carbocycles. The van der Waals surface area contributed by atoms with Gasteiger partial charge in [-0.2, -0.15) is 0 Å². The van der Waals surface area contributed by atoms with E-state index in [4.69, 9.17) is 15.4 Å². The maximum atomic E-state index is 11.0. The van der Waals surface area contributed by atoms with E-state index in [-0.39, 0.29) is 11.7 Å². The predicted molar refractivity (Wildman–Crippen MR) is 70.1 cm³/mol. The highest BCUT2D eigenvalue weighted by molar-refractivity contribution is 8.13. The molecule has 0 aromatic heterocycles. The second-order valence-corrected chi connectivity index (χ2v) is 6.88. The topological polar surface area (TPSA) is 43.4 Å². The van der Waals surface area contributed by atoms with Crippen molar-refractivity contribution >= 4 is 19.7 Å². The Morgan fingerprint density at radius 1 is 1.35 bits per heavy atom. The van der Waals surface area contributed by atoms with E-state index < -0.39 is 9.05 Å². The maximum Gasteiger partial charge on any atom is 0.232 e. The quantitative estimate of drug-likeness (QED) is 0.750. The van der Waals surface area contributed by atoms with Crippen molar-refractivity contribution in [3.8, 4) is 5.75 Å². The van der Waals surface area contributed by atoms with Crippen molar-refractivity contribution in [1.82, 2.24) is 0 Å². The van der Waals surface area contributed by atoms with Gasteiger partial charge in [-0.05, 0) is 25.0 Å². The van der Waals surface area contributed by atoms with Gasteiger partial charge in [0.05, 0.1) is 12.4 Å². The fourth-order valence-corrected chi connectivity index (χ4v) is 2.92. The van der Waals surface area contributed by atoms with Gasteiger partial charge in [0.2, 0.25) is 9.05 Å². The zero-order valence-electron chi connectivity index (χ0n) is 10.0. The Morgan fingerprint density at radius 3 is 2.53 bits per heavy atom. The number of hydrogen-bond acceptors (Lipinski definition) is 3. The van der Waals surface area contributed by atoms with Crippen molar-refractivity contribution in [2.45, 2.75) is 20.3 Å². The molecule has 0 saturated heterocycles. The fraction of sp³-hybridized carbons (Fsp3) is 0.500. The van der Waals surface area contributed by atoms with Gasteiger partial charge in [0.1, 0.15) is 5.75 Å². The maximum absolute atomic E-state index is 11.0. The summed E-state index contributed by atoms with van der Waals surface area (Å²) in [5.41, 5.74) is 1.04. The third kappa shape index (κ3) is 5.41. The van der Waals surface area contributed by atoms with Crippen LogP contribution < -0.4 is 4.74 Å². The van der Waals surface area contributed by atoms with Crippen LogP contribution in [0.2, 0.25) is 0 Å². The molecule has 17 heavy (non-hydrogen) atoms. The summed E-state index contributed by atoms with van der Waals surface area (Å²) >= 11 is 0. The van der Waals surface area contributed by atoms with Crippen LogP contribution in [0.5, 0.6) is 5.75 Å². The van der Waals surface area contributed by atoms with Crippen LogP contribution in [0, 0.1) is 12.8 Å². The molecule has 0 N–H and O–H groups in total. The lowest BCUT2D eigenvalue weighted by atomic mass is 10.1. The highest BCUT2D eigenvalue weighted by Gasteiger charge is 2.16. The second-order valence-electron chi connectivity index (χ2n) is 4.06. The Morgan fingerprint density at radius 2 is 2.00 bits per heavy atom. The molecule has 1 rings (SSSR count). The van der Waals surface area contributed by atoms with Gasteiger partial charge >= 0.3 is 0 Å². The molecule has 96 valence electrons. The van der Waals surface area contributed by atoms with Gasteiger partial charge in [0, 0.05) is 16.6 Å². The lowest BCUT2D eigenvalue weighted by Crippen LogP contribution is -2.19. The Labute approximate surface area is 107 Å². The number of ether oxygens (including phenoxy) is 1. The van der Waals surface area contributed by atoms with Crippen LogP contribution >= 0.6 is 10.7 Å². The Kier molecular flexibility index (Phi) is 5.28. The van der Waals surface area contributed by atoms with Crippen molar-refractivity contribution in [2.75, 3.05) is 12.4 Å².